The third-order valence-electron chi connectivity index (χ3n) is 3.25. The van der Waals surface area contributed by atoms with E-state index in [4.69, 9.17) is 10.5 Å². The van der Waals surface area contributed by atoms with Gasteiger partial charge in [0.1, 0.15) is 5.75 Å². The van der Waals surface area contributed by atoms with Crippen LogP contribution in [0.25, 0.3) is 0 Å². The highest BCUT2D eigenvalue weighted by atomic mass is 16.5. The number of hydrogen-bond donors (Lipinski definition) is 2. The fourth-order valence-corrected chi connectivity index (χ4v) is 2.37. The lowest BCUT2D eigenvalue weighted by Gasteiger charge is -2.24. The van der Waals surface area contributed by atoms with Gasteiger partial charge in [0.05, 0.1) is 5.69 Å². The third-order valence-corrected chi connectivity index (χ3v) is 3.25. The summed E-state index contributed by atoms with van der Waals surface area (Å²) in [6, 6.07) is 6.03. The van der Waals surface area contributed by atoms with Gasteiger partial charge in [-0.1, -0.05) is 19.9 Å². The molecule has 4 nitrogen and oxygen atoms in total. The molecule has 0 aromatic heterocycles. The maximum Gasteiger partial charge on any atom is 0.265 e. The lowest BCUT2D eigenvalue weighted by atomic mass is 9.97. The summed E-state index contributed by atoms with van der Waals surface area (Å²) in [6.45, 7) is 6.08. The van der Waals surface area contributed by atoms with E-state index in [2.05, 4.69) is 19.2 Å². The molecule has 19 heavy (non-hydrogen) atoms. The van der Waals surface area contributed by atoms with Gasteiger partial charge in [-0.15, -0.1) is 0 Å². The van der Waals surface area contributed by atoms with E-state index >= 15 is 0 Å². The number of anilines is 1. The van der Waals surface area contributed by atoms with Gasteiger partial charge in [-0.25, -0.2) is 0 Å². The maximum absolute atomic E-state index is 11.6. The predicted octanol–water partition coefficient (Wildman–Crippen LogP) is 2.32. The normalized spacial score (nSPS) is 19.6. The van der Waals surface area contributed by atoms with Crippen molar-refractivity contribution in [2.24, 2.45) is 11.7 Å². The number of carbonyl (C=O) groups excluding carboxylic acids is 1. The number of nitrogens with one attached hydrogen (secondary N) is 1. The second-order valence-electron chi connectivity index (χ2n) is 5.67. The average Bonchev–Trinajstić information content (AvgIpc) is 2.30. The molecule has 1 amide bonds. The summed E-state index contributed by atoms with van der Waals surface area (Å²) in [6.07, 6.45) is 1.38. The van der Waals surface area contributed by atoms with Crippen molar-refractivity contribution in [3.8, 4) is 5.75 Å². The standard InChI is InChI=1S/C15H22N2O2/c1-9(2)6-12(16)7-11-4-5-14-13(8-11)17-15(18)10(3)19-14/h4-5,8-10,12H,6-7,16H2,1-3H3,(H,17,18). The van der Waals surface area contributed by atoms with Gasteiger partial charge < -0.3 is 15.8 Å². The summed E-state index contributed by atoms with van der Waals surface area (Å²) < 4.78 is 5.53. The van der Waals surface area contributed by atoms with E-state index in [0.717, 1.165) is 29.8 Å². The average molecular weight is 262 g/mol. The molecule has 4 heteroatoms. The topological polar surface area (TPSA) is 64.3 Å². The van der Waals surface area contributed by atoms with Crippen molar-refractivity contribution in [1.29, 1.82) is 0 Å². The molecule has 0 fully saturated rings. The van der Waals surface area contributed by atoms with Crippen molar-refractivity contribution >= 4 is 11.6 Å². The Labute approximate surface area is 114 Å². The molecule has 0 saturated carbocycles. The van der Waals surface area contributed by atoms with Crippen molar-refractivity contribution < 1.29 is 9.53 Å². The van der Waals surface area contributed by atoms with Gasteiger partial charge in [0.25, 0.3) is 5.91 Å². The molecule has 2 rings (SSSR count). The van der Waals surface area contributed by atoms with Crippen LogP contribution in [0.3, 0.4) is 0 Å². The van der Waals surface area contributed by atoms with Crippen LogP contribution in [-0.4, -0.2) is 18.1 Å². The third kappa shape index (κ3) is 3.47. The number of nitrogens with two attached hydrogens (primary N) is 1. The first-order valence-electron chi connectivity index (χ1n) is 6.81. The van der Waals surface area contributed by atoms with Gasteiger partial charge >= 0.3 is 0 Å². The van der Waals surface area contributed by atoms with E-state index in [-0.39, 0.29) is 11.9 Å². The summed E-state index contributed by atoms with van der Waals surface area (Å²) in [4.78, 5) is 11.6. The van der Waals surface area contributed by atoms with Gasteiger partial charge in [-0.3, -0.25) is 4.79 Å². The Kier molecular flexibility index (Phi) is 4.10. The zero-order chi connectivity index (χ0) is 14.0. The zero-order valence-electron chi connectivity index (χ0n) is 11.8. The Morgan fingerprint density at radius 2 is 2.16 bits per heavy atom. The molecular weight excluding hydrogens is 240 g/mol. The van der Waals surface area contributed by atoms with Crippen LogP contribution in [0.1, 0.15) is 32.8 Å². The minimum Gasteiger partial charge on any atom is -0.479 e. The summed E-state index contributed by atoms with van der Waals surface area (Å²) in [5, 5.41) is 2.86. The Hall–Kier alpha value is -1.55. The van der Waals surface area contributed by atoms with Crippen molar-refractivity contribution in [3.05, 3.63) is 23.8 Å². The van der Waals surface area contributed by atoms with Gasteiger partial charge in [0.15, 0.2) is 6.10 Å². The molecule has 1 aromatic carbocycles. The minimum absolute atomic E-state index is 0.101. The quantitative estimate of drug-likeness (QED) is 0.875. The van der Waals surface area contributed by atoms with Crippen LogP contribution >= 0.6 is 0 Å². The number of benzene rings is 1. The number of ether oxygens (including phenoxy) is 1. The van der Waals surface area contributed by atoms with Crippen LogP contribution in [-0.2, 0) is 11.2 Å². The molecule has 104 valence electrons. The molecule has 0 aliphatic carbocycles. The molecule has 1 aliphatic heterocycles. The zero-order valence-corrected chi connectivity index (χ0v) is 11.8. The summed E-state index contributed by atoms with van der Waals surface area (Å²) in [7, 11) is 0. The van der Waals surface area contributed by atoms with E-state index < -0.39 is 6.10 Å². The first-order valence-corrected chi connectivity index (χ1v) is 6.81. The first kappa shape index (κ1) is 13.9. The number of hydrogen-bond acceptors (Lipinski definition) is 3. The largest absolute Gasteiger partial charge is 0.479 e. The van der Waals surface area contributed by atoms with Gasteiger partial charge in [0.2, 0.25) is 0 Å². The molecule has 0 bridgehead atoms. The van der Waals surface area contributed by atoms with E-state index in [1.165, 1.54) is 0 Å². The van der Waals surface area contributed by atoms with E-state index in [1.807, 2.05) is 18.2 Å². The molecule has 0 radical (unpaired) electrons. The van der Waals surface area contributed by atoms with E-state index in [0.29, 0.717) is 5.92 Å². The van der Waals surface area contributed by atoms with Crippen LogP contribution in [0.4, 0.5) is 5.69 Å². The van der Waals surface area contributed by atoms with Crippen molar-refractivity contribution in [2.45, 2.75) is 45.8 Å². The molecule has 2 atom stereocenters. The minimum atomic E-state index is -0.429. The smallest absolute Gasteiger partial charge is 0.265 e. The fraction of sp³-hybridized carbons (Fsp3) is 0.533. The van der Waals surface area contributed by atoms with Crippen molar-refractivity contribution in [1.82, 2.24) is 0 Å². The fourth-order valence-electron chi connectivity index (χ4n) is 2.37. The maximum atomic E-state index is 11.6. The molecule has 1 heterocycles. The monoisotopic (exact) mass is 262 g/mol. The van der Waals surface area contributed by atoms with Crippen molar-refractivity contribution in [2.75, 3.05) is 5.32 Å². The lowest BCUT2D eigenvalue weighted by Crippen LogP contribution is -2.34. The van der Waals surface area contributed by atoms with E-state index in [9.17, 15) is 4.79 Å². The second-order valence-corrected chi connectivity index (χ2v) is 5.67. The van der Waals surface area contributed by atoms with Crippen LogP contribution < -0.4 is 15.8 Å². The van der Waals surface area contributed by atoms with E-state index in [1.54, 1.807) is 6.92 Å². The second kappa shape index (κ2) is 5.61. The highest BCUT2D eigenvalue weighted by molar-refractivity contribution is 5.97. The van der Waals surface area contributed by atoms with Gasteiger partial charge in [0, 0.05) is 6.04 Å². The number of rotatable bonds is 4. The van der Waals surface area contributed by atoms with Crippen LogP contribution in [0, 0.1) is 5.92 Å². The molecule has 3 N–H and O–H groups in total. The first-order chi connectivity index (χ1) is 8.95. The van der Waals surface area contributed by atoms with Crippen LogP contribution in [0.2, 0.25) is 0 Å². The van der Waals surface area contributed by atoms with Gasteiger partial charge in [-0.05, 0) is 43.4 Å². The highest BCUT2D eigenvalue weighted by Gasteiger charge is 2.23. The molecule has 2 unspecified atom stereocenters. The molecule has 0 spiro atoms. The summed E-state index contributed by atoms with van der Waals surface area (Å²) in [5.41, 5.74) is 7.99. The van der Waals surface area contributed by atoms with Crippen LogP contribution in [0.5, 0.6) is 5.75 Å². The molecule has 1 aromatic rings. The summed E-state index contributed by atoms with van der Waals surface area (Å²) in [5.74, 6) is 1.22. The summed E-state index contributed by atoms with van der Waals surface area (Å²) >= 11 is 0. The molecule has 0 saturated heterocycles. The molecule has 1 aliphatic rings. The Morgan fingerprint density at radius 1 is 1.42 bits per heavy atom. The van der Waals surface area contributed by atoms with Gasteiger partial charge in [-0.2, -0.15) is 0 Å². The highest BCUT2D eigenvalue weighted by Crippen LogP contribution is 2.30. The van der Waals surface area contributed by atoms with Crippen molar-refractivity contribution in [3.63, 3.8) is 0 Å². The number of fused-ring (bicyclic) bond motifs is 1. The Balaban J connectivity index is 2.09. The Bertz CT molecular complexity index is 471. The Morgan fingerprint density at radius 3 is 2.84 bits per heavy atom. The van der Waals surface area contributed by atoms with Crippen LogP contribution in [0.15, 0.2) is 18.2 Å². The number of carbonyl (C=O) groups is 1. The predicted molar refractivity (Wildman–Crippen MR) is 76.3 cm³/mol. The molecular formula is C15H22N2O2. The SMILES string of the molecule is CC(C)CC(N)Cc1ccc2c(c1)NC(=O)C(C)O2. The number of amides is 1. The lowest BCUT2D eigenvalue weighted by molar-refractivity contribution is -0.122.